The number of hydrogen-bond donors (Lipinski definition) is 1. The molecule has 1 saturated heterocycles. The zero-order valence-electron chi connectivity index (χ0n) is 17.7. The molecule has 2 aromatic rings. The lowest BCUT2D eigenvalue weighted by Gasteiger charge is -2.30. The largest absolute Gasteiger partial charge is 0.345 e. The molecule has 1 aliphatic rings. The van der Waals surface area contributed by atoms with E-state index in [1.165, 1.54) is 9.87 Å². The van der Waals surface area contributed by atoms with Gasteiger partial charge in [0.2, 0.25) is 10.0 Å². The molecule has 0 radical (unpaired) electrons. The molecule has 0 aromatic heterocycles. The monoisotopic (exact) mass is 414 g/mol. The van der Waals surface area contributed by atoms with Crippen LogP contribution in [0.5, 0.6) is 0 Å². The van der Waals surface area contributed by atoms with Crippen molar-refractivity contribution in [2.75, 3.05) is 16.6 Å². The van der Waals surface area contributed by atoms with E-state index in [1.807, 2.05) is 19.9 Å². The lowest BCUT2D eigenvalue weighted by Crippen LogP contribution is -2.38. The molecule has 0 aliphatic carbocycles. The smallest absolute Gasteiger partial charge is 0.251 e. The van der Waals surface area contributed by atoms with Crippen LogP contribution in [0, 0.1) is 20.8 Å². The molecular weight excluding hydrogens is 384 g/mol. The number of amides is 1. The number of nitrogens with zero attached hydrogens (tertiary/aromatic N) is 1. The van der Waals surface area contributed by atoms with Gasteiger partial charge in [-0.15, -0.1) is 0 Å². The minimum absolute atomic E-state index is 0.0911. The highest BCUT2D eigenvalue weighted by Gasteiger charge is 2.28. The first-order chi connectivity index (χ1) is 13.7. The summed E-state index contributed by atoms with van der Waals surface area (Å²) in [5.41, 5.74) is 5.40. The molecule has 1 amide bonds. The van der Waals surface area contributed by atoms with Crippen LogP contribution in [0.4, 0.5) is 5.69 Å². The Morgan fingerprint density at radius 3 is 2.48 bits per heavy atom. The maximum atomic E-state index is 13.0. The summed E-state index contributed by atoms with van der Waals surface area (Å²) in [5, 5.41) is 3.12. The highest BCUT2D eigenvalue weighted by Crippen LogP contribution is 2.28. The number of anilines is 1. The summed E-state index contributed by atoms with van der Waals surface area (Å²) in [4.78, 5) is 13.0. The van der Waals surface area contributed by atoms with E-state index in [0.29, 0.717) is 24.2 Å². The van der Waals surface area contributed by atoms with Crippen LogP contribution in [-0.4, -0.2) is 26.6 Å². The predicted molar refractivity (Wildman–Crippen MR) is 118 cm³/mol. The van der Waals surface area contributed by atoms with Gasteiger partial charge in [0.15, 0.2) is 0 Å². The summed E-state index contributed by atoms with van der Waals surface area (Å²) in [7, 11) is -3.32. The number of aryl methyl sites for hydroxylation is 3. The van der Waals surface area contributed by atoms with Crippen LogP contribution in [0.1, 0.15) is 64.8 Å². The SMILES string of the molecule is CCC(NC(=O)c1ccc(C)c(N2CCCCS2(=O)=O)c1)c1ccc(C)cc1C. The Labute approximate surface area is 174 Å². The highest BCUT2D eigenvalue weighted by molar-refractivity contribution is 7.92. The molecule has 1 fully saturated rings. The second-order valence-electron chi connectivity index (χ2n) is 7.89. The molecule has 0 spiro atoms. The summed E-state index contributed by atoms with van der Waals surface area (Å²) >= 11 is 0. The van der Waals surface area contributed by atoms with E-state index in [1.54, 1.807) is 12.1 Å². The van der Waals surface area contributed by atoms with Crippen LogP contribution in [0.2, 0.25) is 0 Å². The summed E-state index contributed by atoms with van der Waals surface area (Å²) in [6, 6.07) is 11.5. The molecule has 1 N–H and O–H groups in total. The fourth-order valence-electron chi connectivity index (χ4n) is 3.94. The van der Waals surface area contributed by atoms with Gasteiger partial charge >= 0.3 is 0 Å². The van der Waals surface area contributed by atoms with E-state index in [-0.39, 0.29) is 17.7 Å². The first-order valence-electron chi connectivity index (χ1n) is 10.2. The molecule has 1 aliphatic heterocycles. The molecule has 29 heavy (non-hydrogen) atoms. The van der Waals surface area contributed by atoms with E-state index in [4.69, 9.17) is 0 Å². The Morgan fingerprint density at radius 2 is 1.83 bits per heavy atom. The molecule has 156 valence electrons. The van der Waals surface area contributed by atoms with Crippen LogP contribution >= 0.6 is 0 Å². The van der Waals surface area contributed by atoms with E-state index in [2.05, 4.69) is 37.4 Å². The average molecular weight is 415 g/mol. The van der Waals surface area contributed by atoms with E-state index in [0.717, 1.165) is 29.5 Å². The average Bonchev–Trinajstić information content (AvgIpc) is 2.67. The van der Waals surface area contributed by atoms with Gasteiger partial charge in [-0.1, -0.05) is 36.8 Å². The molecule has 1 heterocycles. The van der Waals surface area contributed by atoms with Gasteiger partial charge in [0, 0.05) is 12.1 Å². The quantitative estimate of drug-likeness (QED) is 0.787. The normalized spacial score (nSPS) is 17.0. The molecule has 3 rings (SSSR count). The number of nitrogens with one attached hydrogen (secondary N) is 1. The van der Waals surface area contributed by atoms with Crippen molar-refractivity contribution in [3.8, 4) is 0 Å². The van der Waals surface area contributed by atoms with Crippen molar-refractivity contribution in [3.63, 3.8) is 0 Å². The van der Waals surface area contributed by atoms with Gasteiger partial charge in [-0.3, -0.25) is 9.10 Å². The number of benzene rings is 2. The Hall–Kier alpha value is -2.34. The lowest BCUT2D eigenvalue weighted by molar-refractivity contribution is 0.0935. The van der Waals surface area contributed by atoms with Gasteiger partial charge in [0.1, 0.15) is 0 Å². The number of carbonyl (C=O) groups excluding carboxylic acids is 1. The van der Waals surface area contributed by atoms with Gasteiger partial charge in [0.05, 0.1) is 17.5 Å². The van der Waals surface area contributed by atoms with E-state index in [9.17, 15) is 13.2 Å². The van der Waals surface area contributed by atoms with Gasteiger partial charge < -0.3 is 5.32 Å². The first kappa shape index (κ1) is 21.4. The van der Waals surface area contributed by atoms with Gasteiger partial charge in [-0.25, -0.2) is 8.42 Å². The maximum Gasteiger partial charge on any atom is 0.251 e. The fourth-order valence-corrected chi connectivity index (χ4v) is 5.63. The van der Waals surface area contributed by atoms with Gasteiger partial charge in [0.25, 0.3) is 5.91 Å². The van der Waals surface area contributed by atoms with Crippen LogP contribution in [0.3, 0.4) is 0 Å². The Morgan fingerprint density at radius 1 is 1.07 bits per heavy atom. The van der Waals surface area contributed by atoms with E-state index >= 15 is 0 Å². The van der Waals surface area contributed by atoms with Crippen LogP contribution in [-0.2, 0) is 10.0 Å². The van der Waals surface area contributed by atoms with Crippen molar-refractivity contribution in [1.29, 1.82) is 0 Å². The first-order valence-corrected chi connectivity index (χ1v) is 11.8. The molecule has 0 bridgehead atoms. The third-order valence-electron chi connectivity index (χ3n) is 5.60. The second kappa shape index (κ2) is 8.57. The van der Waals surface area contributed by atoms with Gasteiger partial charge in [-0.2, -0.15) is 0 Å². The lowest BCUT2D eigenvalue weighted by atomic mass is 9.97. The van der Waals surface area contributed by atoms with Crippen LogP contribution in [0.25, 0.3) is 0 Å². The minimum Gasteiger partial charge on any atom is -0.345 e. The molecule has 5 nitrogen and oxygen atoms in total. The third kappa shape index (κ3) is 4.64. The molecular formula is C23H30N2O3S. The predicted octanol–water partition coefficient (Wildman–Crippen LogP) is 4.42. The summed E-state index contributed by atoms with van der Waals surface area (Å²) in [6.07, 6.45) is 2.29. The molecule has 6 heteroatoms. The zero-order chi connectivity index (χ0) is 21.2. The topological polar surface area (TPSA) is 66.5 Å². The molecule has 1 unspecified atom stereocenters. The highest BCUT2D eigenvalue weighted by atomic mass is 32.2. The third-order valence-corrected chi connectivity index (χ3v) is 7.46. The Kier molecular flexibility index (Phi) is 6.32. The van der Waals surface area contributed by atoms with Crippen molar-refractivity contribution >= 4 is 21.6 Å². The second-order valence-corrected chi connectivity index (χ2v) is 9.90. The Bertz CT molecular complexity index is 1010. The number of hydrogen-bond acceptors (Lipinski definition) is 3. The fraction of sp³-hybridized carbons (Fsp3) is 0.435. The van der Waals surface area contributed by atoms with Crippen LogP contribution < -0.4 is 9.62 Å². The van der Waals surface area contributed by atoms with Crippen LogP contribution in [0.15, 0.2) is 36.4 Å². The van der Waals surface area contributed by atoms with Crippen molar-refractivity contribution in [2.45, 2.75) is 53.0 Å². The molecule has 2 aromatic carbocycles. The van der Waals surface area contributed by atoms with E-state index < -0.39 is 10.0 Å². The van der Waals surface area contributed by atoms with Crippen molar-refractivity contribution in [2.24, 2.45) is 0 Å². The molecule has 1 atom stereocenters. The molecule has 0 saturated carbocycles. The number of sulfonamides is 1. The van der Waals surface area contributed by atoms with Crippen molar-refractivity contribution in [1.82, 2.24) is 5.32 Å². The van der Waals surface area contributed by atoms with Crippen molar-refractivity contribution in [3.05, 3.63) is 64.2 Å². The summed E-state index contributed by atoms with van der Waals surface area (Å²) < 4.78 is 26.5. The number of carbonyl (C=O) groups is 1. The standard InChI is InChI=1S/C23H30N2O3S/c1-5-21(20-11-8-16(2)14-18(20)4)24-23(26)19-10-9-17(3)22(15-19)25-12-6-7-13-29(25,27)28/h8-11,14-15,21H,5-7,12-13H2,1-4H3,(H,24,26). The van der Waals surface area contributed by atoms with Gasteiger partial charge in [-0.05, 0) is 68.9 Å². The summed E-state index contributed by atoms with van der Waals surface area (Å²) in [6.45, 7) is 8.51. The van der Waals surface area contributed by atoms with Crippen molar-refractivity contribution < 1.29 is 13.2 Å². The maximum absolute atomic E-state index is 13.0. The summed E-state index contributed by atoms with van der Waals surface area (Å²) in [5.74, 6) is -0.0273. The zero-order valence-corrected chi connectivity index (χ0v) is 18.5. The minimum atomic E-state index is -3.32. The Balaban J connectivity index is 1.87. The number of rotatable bonds is 5.